The number of nitrogens with two attached hydrogens (primary N) is 3. The summed E-state index contributed by atoms with van der Waals surface area (Å²) < 4.78 is 0. The van der Waals surface area contributed by atoms with Crippen molar-refractivity contribution in [2.45, 2.75) is 69.7 Å². The highest BCUT2D eigenvalue weighted by atomic mass is 32.1. The fourth-order valence-corrected chi connectivity index (χ4v) is 2.43. The van der Waals surface area contributed by atoms with Gasteiger partial charge in [0.05, 0.1) is 43.3 Å². The lowest BCUT2D eigenvalue weighted by Crippen LogP contribution is -2.48. The van der Waals surface area contributed by atoms with Crippen LogP contribution in [0.15, 0.2) is 0 Å². The average Bonchev–Trinajstić information content (AvgIpc) is 3.04. The van der Waals surface area contributed by atoms with Crippen LogP contribution in [-0.2, 0) is 38.4 Å². The summed E-state index contributed by atoms with van der Waals surface area (Å²) >= 11 is 11.5. The van der Waals surface area contributed by atoms with Gasteiger partial charge in [0.25, 0.3) is 0 Å². The van der Waals surface area contributed by atoms with Crippen molar-refractivity contribution in [3.8, 4) is 0 Å². The SMILES string of the molecule is CC.CN[C@@H](CCC(=O)O)C(=O)N[C@@H](C=O)CS.NCC(=O)CN[C@@H](C=O)CS.N[C@@H](C=O)CCC(=O)O.N[C@@H](C=O)CS. The molecule has 1 amide bonds. The normalized spacial score (nSPS) is 12.8. The minimum atomic E-state index is -0.964. The molecule has 0 unspecified atom stereocenters. The number of carbonyl (C=O) groups is 8. The Bertz CT molecular complexity index is 800. The molecule has 0 bridgehead atoms. The van der Waals surface area contributed by atoms with Crippen LogP contribution in [-0.4, -0.2) is 127 Å². The van der Waals surface area contributed by atoms with Gasteiger partial charge in [0, 0.05) is 30.1 Å². The van der Waals surface area contributed by atoms with E-state index >= 15 is 0 Å². The Morgan fingerprint density at radius 3 is 1.50 bits per heavy atom. The van der Waals surface area contributed by atoms with Crippen LogP contribution < -0.4 is 33.2 Å². The molecule has 0 fully saturated rings. The Balaban J connectivity index is -0.000000159. The molecule has 0 aromatic rings. The quantitative estimate of drug-likeness (QED) is 0.0465. The largest absolute Gasteiger partial charge is 0.481 e. The van der Waals surface area contributed by atoms with E-state index < -0.39 is 36.0 Å². The van der Waals surface area contributed by atoms with Gasteiger partial charge >= 0.3 is 11.9 Å². The molecule has 0 radical (unpaired) electrons. The predicted octanol–water partition coefficient (Wildman–Crippen LogP) is -2.50. The zero-order valence-corrected chi connectivity index (χ0v) is 28.0. The highest BCUT2D eigenvalue weighted by molar-refractivity contribution is 7.80. The van der Waals surface area contributed by atoms with Gasteiger partial charge in [-0.2, -0.15) is 37.9 Å². The molecule has 0 heterocycles. The number of carboxylic acid groups (broad SMARTS) is 2. The first kappa shape index (κ1) is 51.2. The molecule has 0 aromatic carbocycles. The summed E-state index contributed by atoms with van der Waals surface area (Å²) in [7, 11) is 1.56. The molecule has 0 saturated carbocycles. The Labute approximate surface area is 275 Å². The van der Waals surface area contributed by atoms with Crippen molar-refractivity contribution < 1.29 is 48.6 Å². The summed E-state index contributed by atoms with van der Waals surface area (Å²) in [5.74, 6) is -1.36. The summed E-state index contributed by atoms with van der Waals surface area (Å²) in [5, 5.41) is 24.4. The molecular formula is C25H50N6O10S3. The maximum absolute atomic E-state index is 11.6. The molecule has 258 valence electrons. The van der Waals surface area contributed by atoms with E-state index in [-0.39, 0.29) is 62.4 Å². The van der Waals surface area contributed by atoms with Crippen LogP contribution in [0, 0.1) is 0 Å². The van der Waals surface area contributed by atoms with Crippen LogP contribution in [0.1, 0.15) is 39.5 Å². The minimum absolute atomic E-state index is 0.00511. The van der Waals surface area contributed by atoms with Crippen molar-refractivity contribution in [1.29, 1.82) is 0 Å². The molecular weight excluding hydrogens is 641 g/mol. The van der Waals surface area contributed by atoms with Gasteiger partial charge in [-0.3, -0.25) is 19.2 Å². The van der Waals surface area contributed by atoms with Gasteiger partial charge in [0.15, 0.2) is 5.78 Å². The molecule has 0 rings (SSSR count). The van der Waals surface area contributed by atoms with E-state index in [0.717, 1.165) is 6.29 Å². The molecule has 44 heavy (non-hydrogen) atoms. The number of aliphatic carboxylic acids is 2. The Morgan fingerprint density at radius 1 is 0.750 bits per heavy atom. The number of amides is 1. The molecule has 0 aliphatic carbocycles. The number of carbonyl (C=O) groups excluding carboxylic acids is 6. The van der Waals surface area contributed by atoms with Crippen LogP contribution in [0.25, 0.3) is 0 Å². The summed E-state index contributed by atoms with van der Waals surface area (Å²) in [6.45, 7) is 4.14. The van der Waals surface area contributed by atoms with Crippen LogP contribution in [0.5, 0.6) is 0 Å². The number of carboxylic acids is 2. The van der Waals surface area contributed by atoms with Crippen molar-refractivity contribution in [1.82, 2.24) is 16.0 Å². The highest BCUT2D eigenvalue weighted by Gasteiger charge is 2.19. The smallest absolute Gasteiger partial charge is 0.303 e. The number of hydrogen-bond donors (Lipinski definition) is 11. The first-order valence-corrected chi connectivity index (χ1v) is 15.2. The number of nitrogens with one attached hydrogen (secondary N) is 3. The van der Waals surface area contributed by atoms with E-state index in [1.165, 1.54) is 0 Å². The van der Waals surface area contributed by atoms with E-state index in [1.54, 1.807) is 7.05 Å². The van der Waals surface area contributed by atoms with Gasteiger partial charge < -0.3 is 62.5 Å². The van der Waals surface area contributed by atoms with Crippen molar-refractivity contribution >= 4 is 86.7 Å². The zero-order chi connectivity index (χ0) is 35.5. The molecule has 0 aliphatic rings. The van der Waals surface area contributed by atoms with E-state index in [2.05, 4.69) is 53.8 Å². The Morgan fingerprint density at radius 2 is 1.20 bits per heavy atom. The van der Waals surface area contributed by atoms with Gasteiger partial charge in [0.2, 0.25) is 5.91 Å². The van der Waals surface area contributed by atoms with Gasteiger partial charge in [-0.25, -0.2) is 0 Å². The number of likely N-dealkylation sites (N-methyl/N-ethyl adjacent to an activating group) is 1. The van der Waals surface area contributed by atoms with Gasteiger partial charge in [-0.15, -0.1) is 0 Å². The fraction of sp³-hybridized carbons (Fsp3) is 0.680. The summed E-state index contributed by atoms with van der Waals surface area (Å²) in [5.41, 5.74) is 15.2. The molecule has 11 N–H and O–H groups in total. The maximum Gasteiger partial charge on any atom is 0.303 e. The summed E-state index contributed by atoms with van der Waals surface area (Å²) in [4.78, 5) is 82.4. The van der Waals surface area contributed by atoms with E-state index in [1.807, 2.05) is 13.8 Å². The Hall–Kier alpha value is -2.39. The third-order valence-corrected chi connectivity index (χ3v) is 5.61. The lowest BCUT2D eigenvalue weighted by molar-refractivity contribution is -0.138. The number of rotatable bonds is 20. The second-order valence-corrected chi connectivity index (χ2v) is 9.07. The third-order valence-electron chi connectivity index (χ3n) is 4.40. The monoisotopic (exact) mass is 690 g/mol. The molecule has 0 aromatic heterocycles. The van der Waals surface area contributed by atoms with Gasteiger partial charge in [-0.05, 0) is 19.9 Å². The number of ketones is 1. The standard InChI is InChI=1S/C9H16N2O4S.C6H12N2O2S.C5H9NO3.C3H7NOS.C2H6/c1-10-7(2-3-8(13)14)9(15)11-6(4-12)5-16;7-1-6(10)2-8-5(3-9)4-11;6-4(3-7)1-2-5(8)9;4-3(1-5)2-6;1-2/h4,6-7,10,16H,2-3,5H2,1H3,(H,11,15)(H,13,14);3,5,8,11H,1-2,4,7H2;3-4H,1-2,6H2,(H,8,9);1,3,6H,2,4H2;1-2H3/t6-,7-;5-;4-;3-;/m0010./s1. The topological polar surface area (TPSA) is 291 Å². The average molecular weight is 691 g/mol. The first-order valence-electron chi connectivity index (χ1n) is 13.3. The second kappa shape index (κ2) is 38.6. The molecule has 0 spiro atoms. The van der Waals surface area contributed by atoms with Crippen molar-refractivity contribution in [2.24, 2.45) is 17.2 Å². The van der Waals surface area contributed by atoms with Gasteiger partial charge in [0.1, 0.15) is 25.1 Å². The van der Waals surface area contributed by atoms with Crippen LogP contribution in [0.2, 0.25) is 0 Å². The van der Waals surface area contributed by atoms with Crippen molar-refractivity contribution in [3.63, 3.8) is 0 Å². The minimum Gasteiger partial charge on any atom is -0.481 e. The molecule has 0 aliphatic heterocycles. The predicted molar refractivity (Wildman–Crippen MR) is 177 cm³/mol. The number of hydrogen-bond acceptors (Lipinski definition) is 16. The van der Waals surface area contributed by atoms with Gasteiger partial charge in [-0.1, -0.05) is 13.8 Å². The summed E-state index contributed by atoms with van der Waals surface area (Å²) in [6, 6.07) is -2.61. The molecule has 5 atom stereocenters. The van der Waals surface area contributed by atoms with E-state index in [9.17, 15) is 38.4 Å². The first-order chi connectivity index (χ1) is 20.8. The number of Topliss-reactive ketones (excluding diaryl/α,β-unsaturated/α-hetero) is 1. The van der Waals surface area contributed by atoms with Crippen LogP contribution in [0.3, 0.4) is 0 Å². The number of thiol groups is 3. The Kier molecular flexibility index (Phi) is 45.0. The summed E-state index contributed by atoms with van der Waals surface area (Å²) in [6.07, 6.45) is 2.78. The van der Waals surface area contributed by atoms with Crippen LogP contribution >= 0.6 is 37.9 Å². The van der Waals surface area contributed by atoms with Crippen molar-refractivity contribution in [2.75, 3.05) is 37.4 Å². The number of aldehydes is 4. The third kappa shape index (κ3) is 39.6. The van der Waals surface area contributed by atoms with Crippen LogP contribution in [0.4, 0.5) is 0 Å². The molecule has 0 saturated heterocycles. The van der Waals surface area contributed by atoms with Crippen molar-refractivity contribution in [3.05, 3.63) is 0 Å². The molecule has 16 nitrogen and oxygen atoms in total. The molecule has 19 heteroatoms. The van der Waals surface area contributed by atoms with E-state index in [4.69, 9.17) is 27.4 Å². The van der Waals surface area contributed by atoms with E-state index in [0.29, 0.717) is 30.4 Å². The zero-order valence-electron chi connectivity index (χ0n) is 25.3. The highest BCUT2D eigenvalue weighted by Crippen LogP contribution is 1.98. The second-order valence-electron chi connectivity index (χ2n) is 7.97. The lowest BCUT2D eigenvalue weighted by atomic mass is 10.1. The fourth-order valence-electron chi connectivity index (χ4n) is 1.95. The maximum atomic E-state index is 11.6. The lowest BCUT2D eigenvalue weighted by Gasteiger charge is -2.17.